The summed E-state index contributed by atoms with van der Waals surface area (Å²) in [6.45, 7) is 3.33. The molecule has 31 heavy (non-hydrogen) atoms. The Morgan fingerprint density at radius 1 is 0.935 bits per heavy atom. The van der Waals surface area contributed by atoms with E-state index in [4.69, 9.17) is 4.98 Å². The molecule has 1 saturated carbocycles. The minimum absolute atomic E-state index is 0.491. The number of rotatable bonds is 6. The predicted molar refractivity (Wildman–Crippen MR) is 124 cm³/mol. The Hall–Kier alpha value is -2.31. The van der Waals surface area contributed by atoms with Crippen LogP contribution in [0.1, 0.15) is 67.9 Å². The average molecular weight is 419 g/mol. The second kappa shape index (κ2) is 9.45. The molecule has 1 saturated heterocycles. The van der Waals surface area contributed by atoms with E-state index in [-0.39, 0.29) is 0 Å². The fourth-order valence-electron chi connectivity index (χ4n) is 4.98. The molecule has 0 bridgehead atoms. The first kappa shape index (κ1) is 20.6. The standard InChI is InChI=1S/C25H34N6/c1-30-13-11-22(12-14-30)26-16-20-9-7-19(8-10-20)15-24-27-17-21-18-28-31(25(21)29-24)23-5-3-2-4-6-23/h7-10,17-18,22-23,26H,2-6,11-16H2,1H3. The first-order valence-electron chi connectivity index (χ1n) is 11.9. The molecule has 0 unspecified atom stereocenters. The summed E-state index contributed by atoms with van der Waals surface area (Å²) in [5.74, 6) is 0.877. The number of fused-ring (bicyclic) bond motifs is 1. The summed E-state index contributed by atoms with van der Waals surface area (Å²) in [4.78, 5) is 11.9. The number of nitrogens with zero attached hydrogens (tertiary/aromatic N) is 5. The second-order valence-electron chi connectivity index (χ2n) is 9.40. The molecule has 3 aromatic rings. The fraction of sp³-hybridized carbons (Fsp3) is 0.560. The molecule has 1 N–H and O–H groups in total. The topological polar surface area (TPSA) is 58.9 Å². The lowest BCUT2D eigenvalue weighted by Gasteiger charge is -2.29. The lowest BCUT2D eigenvalue weighted by Crippen LogP contribution is -2.40. The van der Waals surface area contributed by atoms with Gasteiger partial charge in [0.05, 0.1) is 17.6 Å². The quantitative estimate of drug-likeness (QED) is 0.653. The van der Waals surface area contributed by atoms with E-state index in [0.29, 0.717) is 12.1 Å². The minimum atomic E-state index is 0.491. The van der Waals surface area contributed by atoms with Crippen molar-refractivity contribution in [2.45, 2.75) is 70.0 Å². The van der Waals surface area contributed by atoms with Crippen molar-refractivity contribution < 1.29 is 0 Å². The highest BCUT2D eigenvalue weighted by Crippen LogP contribution is 2.29. The zero-order valence-corrected chi connectivity index (χ0v) is 18.6. The van der Waals surface area contributed by atoms with E-state index >= 15 is 0 Å². The third-order valence-electron chi connectivity index (χ3n) is 7.00. The van der Waals surface area contributed by atoms with Gasteiger partial charge in [0.1, 0.15) is 5.82 Å². The van der Waals surface area contributed by atoms with Crippen molar-refractivity contribution in [1.29, 1.82) is 0 Å². The molecule has 6 heteroatoms. The summed E-state index contributed by atoms with van der Waals surface area (Å²) in [5, 5.41) is 9.41. The third kappa shape index (κ3) is 4.96. The van der Waals surface area contributed by atoms with Gasteiger partial charge in [-0.05, 0) is 56.9 Å². The van der Waals surface area contributed by atoms with Crippen molar-refractivity contribution in [3.8, 4) is 0 Å². The summed E-state index contributed by atoms with van der Waals surface area (Å²) in [6.07, 6.45) is 13.5. The van der Waals surface area contributed by atoms with Crippen LogP contribution in [0.15, 0.2) is 36.7 Å². The number of benzene rings is 1. The van der Waals surface area contributed by atoms with Crippen molar-refractivity contribution in [3.05, 3.63) is 53.6 Å². The van der Waals surface area contributed by atoms with Crippen LogP contribution in [0.5, 0.6) is 0 Å². The Bertz CT molecular complexity index is 981. The third-order valence-corrected chi connectivity index (χ3v) is 7.00. The first-order valence-corrected chi connectivity index (χ1v) is 11.9. The zero-order valence-electron chi connectivity index (χ0n) is 18.6. The molecule has 164 valence electrons. The maximum Gasteiger partial charge on any atom is 0.161 e. The van der Waals surface area contributed by atoms with E-state index in [2.05, 4.69) is 56.3 Å². The molecular formula is C25H34N6. The zero-order chi connectivity index (χ0) is 21.0. The molecular weight excluding hydrogens is 384 g/mol. The molecule has 5 rings (SSSR count). The van der Waals surface area contributed by atoms with Gasteiger partial charge in [0, 0.05) is 25.2 Å². The highest BCUT2D eigenvalue weighted by molar-refractivity contribution is 5.73. The summed E-state index contributed by atoms with van der Waals surface area (Å²) >= 11 is 0. The Kier molecular flexibility index (Phi) is 6.27. The molecule has 2 aromatic heterocycles. The van der Waals surface area contributed by atoms with E-state index < -0.39 is 0 Å². The van der Waals surface area contributed by atoms with Gasteiger partial charge >= 0.3 is 0 Å². The Morgan fingerprint density at radius 3 is 2.45 bits per heavy atom. The van der Waals surface area contributed by atoms with E-state index in [0.717, 1.165) is 29.8 Å². The molecule has 0 spiro atoms. The molecule has 1 aliphatic heterocycles. The normalized spacial score (nSPS) is 19.3. The average Bonchev–Trinajstić information content (AvgIpc) is 3.24. The minimum Gasteiger partial charge on any atom is -0.310 e. The number of nitrogens with one attached hydrogen (secondary N) is 1. The first-order chi connectivity index (χ1) is 15.2. The predicted octanol–water partition coefficient (Wildman–Crippen LogP) is 4.11. The molecule has 2 fully saturated rings. The van der Waals surface area contributed by atoms with E-state index in [1.807, 2.05) is 12.4 Å². The van der Waals surface area contributed by atoms with Crippen LogP contribution in [0.3, 0.4) is 0 Å². The van der Waals surface area contributed by atoms with Gasteiger partial charge in [0.15, 0.2) is 5.65 Å². The summed E-state index contributed by atoms with van der Waals surface area (Å²) in [6, 6.07) is 10.1. The van der Waals surface area contributed by atoms with Gasteiger partial charge in [-0.1, -0.05) is 43.5 Å². The molecule has 3 heterocycles. The van der Waals surface area contributed by atoms with E-state index in [9.17, 15) is 0 Å². The van der Waals surface area contributed by atoms with Crippen LogP contribution in [-0.4, -0.2) is 50.8 Å². The maximum atomic E-state index is 4.90. The van der Waals surface area contributed by atoms with E-state index in [1.54, 1.807) is 0 Å². The summed E-state index contributed by atoms with van der Waals surface area (Å²) in [5.41, 5.74) is 3.59. The Labute approximate surface area is 185 Å². The molecule has 2 aliphatic rings. The lowest BCUT2D eigenvalue weighted by molar-refractivity contribution is 0.234. The molecule has 0 atom stereocenters. The lowest BCUT2D eigenvalue weighted by atomic mass is 9.96. The van der Waals surface area contributed by atoms with Crippen LogP contribution in [0.2, 0.25) is 0 Å². The van der Waals surface area contributed by atoms with Gasteiger partial charge < -0.3 is 10.2 Å². The number of hydrogen-bond acceptors (Lipinski definition) is 5. The Morgan fingerprint density at radius 2 is 1.68 bits per heavy atom. The highest BCUT2D eigenvalue weighted by atomic mass is 15.3. The monoisotopic (exact) mass is 418 g/mol. The molecule has 1 aliphatic carbocycles. The van der Waals surface area contributed by atoms with E-state index in [1.165, 1.54) is 69.2 Å². The van der Waals surface area contributed by atoms with Crippen molar-refractivity contribution >= 4 is 11.0 Å². The van der Waals surface area contributed by atoms with Gasteiger partial charge in [0.25, 0.3) is 0 Å². The maximum absolute atomic E-state index is 4.90. The molecule has 0 radical (unpaired) electrons. The Balaban J connectivity index is 1.22. The number of hydrogen-bond donors (Lipinski definition) is 1. The molecule has 1 aromatic carbocycles. The van der Waals surface area contributed by atoms with Gasteiger partial charge in [-0.25, -0.2) is 14.6 Å². The van der Waals surface area contributed by atoms with Crippen molar-refractivity contribution in [1.82, 2.24) is 30.0 Å². The second-order valence-corrected chi connectivity index (χ2v) is 9.40. The summed E-state index contributed by atoms with van der Waals surface area (Å²) < 4.78 is 2.15. The largest absolute Gasteiger partial charge is 0.310 e. The van der Waals surface area contributed by atoms with Crippen LogP contribution in [0, 0.1) is 0 Å². The molecule has 6 nitrogen and oxygen atoms in total. The van der Waals surface area contributed by atoms with Crippen molar-refractivity contribution in [2.24, 2.45) is 0 Å². The fourth-order valence-corrected chi connectivity index (χ4v) is 4.98. The van der Waals surface area contributed by atoms with Crippen molar-refractivity contribution in [2.75, 3.05) is 20.1 Å². The SMILES string of the molecule is CN1CCC(NCc2ccc(Cc3ncc4cnn(C5CCCCC5)c4n3)cc2)CC1. The van der Waals surface area contributed by atoms with Crippen LogP contribution < -0.4 is 5.32 Å². The van der Waals surface area contributed by atoms with Crippen LogP contribution in [0.25, 0.3) is 11.0 Å². The smallest absolute Gasteiger partial charge is 0.161 e. The van der Waals surface area contributed by atoms with Crippen LogP contribution >= 0.6 is 0 Å². The van der Waals surface area contributed by atoms with Crippen LogP contribution in [-0.2, 0) is 13.0 Å². The van der Waals surface area contributed by atoms with Gasteiger partial charge in [-0.3, -0.25) is 0 Å². The number of aromatic nitrogens is 4. The highest BCUT2D eigenvalue weighted by Gasteiger charge is 2.19. The van der Waals surface area contributed by atoms with Crippen molar-refractivity contribution in [3.63, 3.8) is 0 Å². The van der Waals surface area contributed by atoms with Crippen LogP contribution in [0.4, 0.5) is 0 Å². The molecule has 0 amide bonds. The number of piperidine rings is 1. The van der Waals surface area contributed by atoms with Gasteiger partial charge in [-0.2, -0.15) is 5.10 Å². The number of likely N-dealkylation sites (tertiary alicyclic amines) is 1. The summed E-state index contributed by atoms with van der Waals surface area (Å²) in [7, 11) is 2.21. The van der Waals surface area contributed by atoms with Gasteiger partial charge in [0.2, 0.25) is 0 Å². The van der Waals surface area contributed by atoms with Gasteiger partial charge in [-0.15, -0.1) is 0 Å².